The number of hydrogen-bond donors (Lipinski definition) is 1. The lowest BCUT2D eigenvalue weighted by atomic mass is 10.1. The van der Waals surface area contributed by atoms with Gasteiger partial charge in [-0.2, -0.15) is 0 Å². The zero-order valence-corrected chi connectivity index (χ0v) is 14.2. The molecule has 1 aliphatic carbocycles. The Morgan fingerprint density at radius 2 is 2.13 bits per heavy atom. The highest BCUT2D eigenvalue weighted by molar-refractivity contribution is 6.31. The van der Waals surface area contributed by atoms with Crippen molar-refractivity contribution in [3.63, 3.8) is 0 Å². The smallest absolute Gasteiger partial charge is 0.243 e. The Morgan fingerprint density at radius 3 is 2.87 bits per heavy atom. The van der Waals surface area contributed by atoms with E-state index in [1.165, 1.54) is 0 Å². The third kappa shape index (κ3) is 3.52. The third-order valence-electron chi connectivity index (χ3n) is 4.76. The van der Waals surface area contributed by atoms with Crippen molar-refractivity contribution in [3.8, 4) is 0 Å². The van der Waals surface area contributed by atoms with Gasteiger partial charge in [-0.3, -0.25) is 9.59 Å². The molecule has 124 valence electrons. The van der Waals surface area contributed by atoms with E-state index in [1.54, 1.807) is 4.90 Å². The second-order valence-corrected chi connectivity index (χ2v) is 6.88. The Morgan fingerprint density at radius 1 is 1.35 bits per heavy atom. The van der Waals surface area contributed by atoms with Gasteiger partial charge in [0.2, 0.25) is 11.8 Å². The zero-order chi connectivity index (χ0) is 16.4. The van der Waals surface area contributed by atoms with Crippen LogP contribution in [0.5, 0.6) is 0 Å². The van der Waals surface area contributed by atoms with Gasteiger partial charge in [0, 0.05) is 29.9 Å². The van der Waals surface area contributed by atoms with Crippen LogP contribution in [0, 0.1) is 0 Å². The second kappa shape index (κ2) is 6.91. The summed E-state index contributed by atoms with van der Waals surface area (Å²) in [6, 6.07) is 7.65. The van der Waals surface area contributed by atoms with Gasteiger partial charge in [-0.05, 0) is 37.3 Å². The van der Waals surface area contributed by atoms with Crippen LogP contribution in [-0.4, -0.2) is 35.3 Å². The van der Waals surface area contributed by atoms with E-state index in [2.05, 4.69) is 5.32 Å². The lowest BCUT2D eigenvalue weighted by Crippen LogP contribution is -2.46. The predicted molar refractivity (Wildman–Crippen MR) is 90.4 cm³/mol. The minimum atomic E-state index is -0.290. The van der Waals surface area contributed by atoms with Crippen molar-refractivity contribution < 1.29 is 9.59 Å². The Labute approximate surface area is 142 Å². The summed E-state index contributed by atoms with van der Waals surface area (Å²) in [5.41, 5.74) is 1.10. The number of likely N-dealkylation sites (tertiary alicyclic amines) is 1. The molecule has 4 nitrogen and oxygen atoms in total. The number of carbonyl (C=O) groups is 2. The van der Waals surface area contributed by atoms with Gasteiger partial charge in [-0.1, -0.05) is 36.7 Å². The van der Waals surface area contributed by atoms with Crippen molar-refractivity contribution in [2.75, 3.05) is 6.54 Å². The van der Waals surface area contributed by atoms with E-state index in [9.17, 15) is 9.59 Å². The summed E-state index contributed by atoms with van der Waals surface area (Å²) in [6.45, 7) is 2.69. The molecule has 0 radical (unpaired) electrons. The number of benzene rings is 1. The highest BCUT2D eigenvalue weighted by atomic mass is 35.5. The van der Waals surface area contributed by atoms with Crippen LogP contribution in [0.15, 0.2) is 24.3 Å². The van der Waals surface area contributed by atoms with Crippen LogP contribution in [0.2, 0.25) is 5.02 Å². The Balaban J connectivity index is 1.58. The highest BCUT2D eigenvalue weighted by Crippen LogP contribution is 2.43. The molecule has 5 heteroatoms. The first-order chi connectivity index (χ1) is 11.1. The first-order valence-corrected chi connectivity index (χ1v) is 8.84. The maximum absolute atomic E-state index is 12.5. The summed E-state index contributed by atoms with van der Waals surface area (Å²) < 4.78 is 0. The monoisotopic (exact) mass is 334 g/mol. The van der Waals surface area contributed by atoms with Crippen LogP contribution in [0.3, 0.4) is 0 Å². The SMILES string of the molecule is CCCC(=O)N1CCC[C@@H]1C(=O)N[C@@H]1C[C@@H]1c1ccccc1Cl. The molecule has 1 saturated carbocycles. The van der Waals surface area contributed by atoms with Gasteiger partial charge < -0.3 is 10.2 Å². The van der Waals surface area contributed by atoms with Crippen LogP contribution in [0.25, 0.3) is 0 Å². The van der Waals surface area contributed by atoms with Gasteiger partial charge in [-0.25, -0.2) is 0 Å². The Hall–Kier alpha value is -1.55. The fraction of sp³-hybridized carbons (Fsp3) is 0.556. The molecule has 3 atom stereocenters. The van der Waals surface area contributed by atoms with Crippen molar-refractivity contribution in [3.05, 3.63) is 34.9 Å². The summed E-state index contributed by atoms with van der Waals surface area (Å²) >= 11 is 6.22. The summed E-state index contributed by atoms with van der Waals surface area (Å²) in [5, 5.41) is 3.87. The third-order valence-corrected chi connectivity index (χ3v) is 5.11. The normalized spacial score (nSPS) is 26.2. The fourth-order valence-electron chi connectivity index (χ4n) is 3.45. The molecule has 1 aromatic rings. The molecule has 1 saturated heterocycles. The summed E-state index contributed by atoms with van der Waals surface area (Å²) in [6.07, 6.45) is 3.94. The lowest BCUT2D eigenvalue weighted by molar-refractivity contribution is -0.138. The van der Waals surface area contributed by atoms with Crippen molar-refractivity contribution >= 4 is 23.4 Å². The number of hydrogen-bond acceptors (Lipinski definition) is 2. The van der Waals surface area contributed by atoms with E-state index in [-0.39, 0.29) is 23.9 Å². The van der Waals surface area contributed by atoms with Crippen LogP contribution >= 0.6 is 11.6 Å². The number of halogens is 1. The average Bonchev–Trinajstić information content (AvgIpc) is 3.10. The van der Waals surface area contributed by atoms with Gasteiger partial charge >= 0.3 is 0 Å². The van der Waals surface area contributed by atoms with E-state index < -0.39 is 0 Å². The van der Waals surface area contributed by atoms with Gasteiger partial charge in [-0.15, -0.1) is 0 Å². The van der Waals surface area contributed by atoms with Crippen LogP contribution in [0.1, 0.15) is 50.5 Å². The minimum Gasteiger partial charge on any atom is -0.351 e. The molecular weight excluding hydrogens is 312 g/mol. The Kier molecular flexibility index (Phi) is 4.90. The standard InChI is InChI=1S/C18H23ClN2O2/c1-2-6-17(22)21-10-5-9-16(21)18(23)20-15-11-13(15)12-7-3-4-8-14(12)19/h3-4,7-8,13,15-16H,2,5-6,9-11H2,1H3,(H,20,23)/t13-,15-,16-/m1/s1. The van der Waals surface area contributed by atoms with E-state index in [0.29, 0.717) is 18.9 Å². The molecule has 0 spiro atoms. The topological polar surface area (TPSA) is 49.4 Å². The molecule has 2 aliphatic rings. The van der Waals surface area contributed by atoms with E-state index in [1.807, 2.05) is 31.2 Å². The molecule has 0 bridgehead atoms. The number of nitrogens with one attached hydrogen (secondary N) is 1. The molecule has 0 unspecified atom stereocenters. The van der Waals surface area contributed by atoms with Gasteiger partial charge in [0.05, 0.1) is 0 Å². The molecule has 2 fully saturated rings. The second-order valence-electron chi connectivity index (χ2n) is 6.47. The minimum absolute atomic E-state index is 0.00786. The largest absolute Gasteiger partial charge is 0.351 e. The molecule has 1 aliphatic heterocycles. The van der Waals surface area contributed by atoms with Gasteiger partial charge in [0.1, 0.15) is 6.04 Å². The fourth-order valence-corrected chi connectivity index (χ4v) is 3.72. The van der Waals surface area contributed by atoms with Crippen LogP contribution in [-0.2, 0) is 9.59 Å². The van der Waals surface area contributed by atoms with Gasteiger partial charge in [0.15, 0.2) is 0 Å². The molecule has 1 N–H and O–H groups in total. The summed E-state index contributed by atoms with van der Waals surface area (Å²) in [5.74, 6) is 0.393. The highest BCUT2D eigenvalue weighted by Gasteiger charge is 2.43. The van der Waals surface area contributed by atoms with Crippen molar-refractivity contribution in [2.24, 2.45) is 0 Å². The molecule has 1 heterocycles. The van der Waals surface area contributed by atoms with Crippen molar-refractivity contribution in [1.29, 1.82) is 0 Å². The summed E-state index contributed by atoms with van der Waals surface area (Å²) in [7, 11) is 0. The first kappa shape index (κ1) is 16.3. The lowest BCUT2D eigenvalue weighted by Gasteiger charge is -2.24. The van der Waals surface area contributed by atoms with E-state index in [0.717, 1.165) is 36.3 Å². The quantitative estimate of drug-likeness (QED) is 0.899. The maximum Gasteiger partial charge on any atom is 0.243 e. The number of carbonyl (C=O) groups excluding carboxylic acids is 2. The van der Waals surface area contributed by atoms with Crippen LogP contribution in [0.4, 0.5) is 0 Å². The molecule has 3 rings (SSSR count). The molecular formula is C18H23ClN2O2. The molecule has 1 aromatic carbocycles. The molecule has 2 amide bonds. The summed E-state index contributed by atoms with van der Waals surface area (Å²) in [4.78, 5) is 26.4. The average molecular weight is 335 g/mol. The number of amides is 2. The van der Waals surface area contributed by atoms with Crippen molar-refractivity contribution in [2.45, 2.75) is 57.0 Å². The molecule has 0 aromatic heterocycles. The van der Waals surface area contributed by atoms with Crippen molar-refractivity contribution in [1.82, 2.24) is 10.2 Å². The number of nitrogens with zero attached hydrogens (tertiary/aromatic N) is 1. The predicted octanol–water partition coefficient (Wildman–Crippen LogP) is 3.10. The van der Waals surface area contributed by atoms with Gasteiger partial charge in [0.25, 0.3) is 0 Å². The van der Waals surface area contributed by atoms with E-state index >= 15 is 0 Å². The first-order valence-electron chi connectivity index (χ1n) is 8.46. The van der Waals surface area contributed by atoms with Crippen LogP contribution < -0.4 is 5.32 Å². The van der Waals surface area contributed by atoms with E-state index in [4.69, 9.17) is 11.6 Å². The number of rotatable bonds is 5. The zero-order valence-electron chi connectivity index (χ0n) is 13.4. The molecule has 23 heavy (non-hydrogen) atoms. The maximum atomic E-state index is 12.5. The Bertz CT molecular complexity index is 604.